The molecular formula is C8H13NO2. The molecule has 0 bridgehead atoms. The average Bonchev–Trinajstić information content (AvgIpc) is 2.63. The largest absolute Gasteiger partial charge is 0.465 e. The second-order valence-electron chi connectivity index (χ2n) is 3.30. The van der Waals surface area contributed by atoms with E-state index in [1.165, 1.54) is 6.42 Å². The lowest BCUT2D eigenvalue weighted by Crippen LogP contribution is -2.36. The Morgan fingerprint density at radius 1 is 1.73 bits per heavy atom. The Hall–Kier alpha value is -0.570. The fraction of sp³-hybridized carbons (Fsp3) is 0.875. The maximum absolute atomic E-state index is 11.2. The van der Waals surface area contributed by atoms with Crippen molar-refractivity contribution in [3.63, 3.8) is 0 Å². The summed E-state index contributed by atoms with van der Waals surface area (Å²) in [6, 6.07) is 0.0138. The third-order valence-corrected chi connectivity index (χ3v) is 2.55. The van der Waals surface area contributed by atoms with Crippen LogP contribution in [0.1, 0.15) is 13.3 Å². The molecular weight excluding hydrogens is 142 g/mol. The Bertz CT molecular complexity index is 181. The molecule has 1 aliphatic carbocycles. The summed E-state index contributed by atoms with van der Waals surface area (Å²) in [5.41, 5.74) is 0. The van der Waals surface area contributed by atoms with E-state index >= 15 is 0 Å². The van der Waals surface area contributed by atoms with Crippen molar-refractivity contribution in [3.8, 4) is 0 Å². The molecule has 3 heteroatoms. The Morgan fingerprint density at radius 3 is 3.00 bits per heavy atom. The van der Waals surface area contributed by atoms with Gasteiger partial charge in [0.2, 0.25) is 0 Å². The van der Waals surface area contributed by atoms with Crippen molar-refractivity contribution >= 4 is 5.97 Å². The fourth-order valence-corrected chi connectivity index (χ4v) is 1.83. The quantitative estimate of drug-likeness (QED) is 0.577. The van der Waals surface area contributed by atoms with Gasteiger partial charge in [-0.25, -0.2) is 0 Å². The first-order valence-electron chi connectivity index (χ1n) is 4.23. The number of ether oxygens (including phenoxy) is 1. The molecule has 1 N–H and O–H groups in total. The number of rotatable bonds is 2. The van der Waals surface area contributed by atoms with Gasteiger partial charge in [0.15, 0.2) is 0 Å². The van der Waals surface area contributed by atoms with E-state index in [1.54, 1.807) is 0 Å². The van der Waals surface area contributed by atoms with E-state index in [9.17, 15) is 4.79 Å². The third-order valence-electron chi connectivity index (χ3n) is 2.55. The Balaban J connectivity index is 1.89. The number of piperidine rings is 1. The molecule has 1 saturated carbocycles. The molecule has 3 atom stereocenters. The summed E-state index contributed by atoms with van der Waals surface area (Å²) in [5, 5.41) is 3.17. The van der Waals surface area contributed by atoms with Crippen molar-refractivity contribution in [3.05, 3.63) is 0 Å². The predicted octanol–water partition coefficient (Wildman–Crippen LogP) is 0.157. The number of hydrogen-bond acceptors (Lipinski definition) is 3. The minimum Gasteiger partial charge on any atom is -0.465 e. The van der Waals surface area contributed by atoms with E-state index in [2.05, 4.69) is 5.32 Å². The van der Waals surface area contributed by atoms with Gasteiger partial charge in [0.05, 0.1) is 6.61 Å². The summed E-state index contributed by atoms with van der Waals surface area (Å²) in [5.74, 6) is 1.30. The zero-order chi connectivity index (χ0) is 7.84. The van der Waals surface area contributed by atoms with Gasteiger partial charge < -0.3 is 10.1 Å². The van der Waals surface area contributed by atoms with Crippen LogP contribution in [0.25, 0.3) is 0 Å². The zero-order valence-corrected chi connectivity index (χ0v) is 6.67. The van der Waals surface area contributed by atoms with Crippen molar-refractivity contribution in [2.75, 3.05) is 13.2 Å². The number of nitrogens with one attached hydrogen (secondary N) is 1. The number of fused-ring (bicyclic) bond motifs is 1. The van der Waals surface area contributed by atoms with E-state index < -0.39 is 0 Å². The second-order valence-corrected chi connectivity index (χ2v) is 3.30. The van der Waals surface area contributed by atoms with Crippen LogP contribution in [0.3, 0.4) is 0 Å². The van der Waals surface area contributed by atoms with Crippen LogP contribution >= 0.6 is 0 Å². The molecule has 0 aromatic heterocycles. The van der Waals surface area contributed by atoms with E-state index in [1.807, 2.05) is 6.92 Å². The SMILES string of the molecule is CCOC(=O)[C@@H]1NC[C@H]2C[C@H]21. The molecule has 11 heavy (non-hydrogen) atoms. The first kappa shape index (κ1) is 7.10. The first-order valence-corrected chi connectivity index (χ1v) is 4.23. The van der Waals surface area contributed by atoms with Crippen LogP contribution < -0.4 is 5.32 Å². The van der Waals surface area contributed by atoms with Crippen molar-refractivity contribution < 1.29 is 9.53 Å². The molecule has 0 aromatic carbocycles. The standard InChI is InChI=1S/C8H13NO2/c1-2-11-8(10)7-6-3-5(6)4-9-7/h5-7,9H,2-4H2,1H3/t5-,6-,7-/m1/s1. The molecule has 1 aliphatic heterocycles. The van der Waals surface area contributed by atoms with Crippen LogP contribution in [-0.4, -0.2) is 25.2 Å². The third kappa shape index (κ3) is 1.13. The molecule has 3 nitrogen and oxygen atoms in total. The number of carbonyl (C=O) groups is 1. The molecule has 0 radical (unpaired) electrons. The van der Waals surface area contributed by atoms with Crippen LogP contribution in [-0.2, 0) is 9.53 Å². The lowest BCUT2D eigenvalue weighted by Gasteiger charge is -2.10. The van der Waals surface area contributed by atoms with Gasteiger partial charge in [-0.1, -0.05) is 0 Å². The van der Waals surface area contributed by atoms with E-state index in [4.69, 9.17) is 4.74 Å². The minimum atomic E-state index is -0.0579. The predicted molar refractivity (Wildman–Crippen MR) is 40.0 cm³/mol. The lowest BCUT2D eigenvalue weighted by atomic mass is 10.2. The Kier molecular flexibility index (Phi) is 1.60. The van der Waals surface area contributed by atoms with Gasteiger partial charge in [-0.2, -0.15) is 0 Å². The van der Waals surface area contributed by atoms with Crippen molar-refractivity contribution in [1.29, 1.82) is 0 Å². The average molecular weight is 155 g/mol. The highest BCUT2D eigenvalue weighted by atomic mass is 16.5. The van der Waals surface area contributed by atoms with Crippen LogP contribution in [0.5, 0.6) is 0 Å². The number of esters is 1. The van der Waals surface area contributed by atoms with Gasteiger partial charge in [0, 0.05) is 0 Å². The summed E-state index contributed by atoms with van der Waals surface area (Å²) >= 11 is 0. The highest BCUT2D eigenvalue weighted by Gasteiger charge is 2.51. The molecule has 62 valence electrons. The molecule has 0 spiro atoms. The summed E-state index contributed by atoms with van der Waals surface area (Å²) in [4.78, 5) is 11.2. The monoisotopic (exact) mass is 155 g/mol. The Labute approximate surface area is 66.1 Å². The van der Waals surface area contributed by atoms with Gasteiger partial charge in [-0.05, 0) is 31.7 Å². The highest BCUT2D eigenvalue weighted by molar-refractivity contribution is 5.77. The van der Waals surface area contributed by atoms with Gasteiger partial charge in [0.25, 0.3) is 0 Å². The zero-order valence-electron chi connectivity index (χ0n) is 6.67. The molecule has 1 saturated heterocycles. The molecule has 1 heterocycles. The summed E-state index contributed by atoms with van der Waals surface area (Å²) in [6.07, 6.45) is 1.22. The normalized spacial score (nSPS) is 39.9. The highest BCUT2D eigenvalue weighted by Crippen LogP contribution is 2.45. The summed E-state index contributed by atoms with van der Waals surface area (Å²) in [6.45, 7) is 3.35. The molecule has 2 aliphatic rings. The van der Waals surface area contributed by atoms with E-state index in [0.29, 0.717) is 12.5 Å². The van der Waals surface area contributed by atoms with Gasteiger partial charge in [-0.15, -0.1) is 0 Å². The van der Waals surface area contributed by atoms with Crippen LogP contribution in [0.15, 0.2) is 0 Å². The number of hydrogen-bond donors (Lipinski definition) is 1. The smallest absolute Gasteiger partial charge is 0.323 e. The fourth-order valence-electron chi connectivity index (χ4n) is 1.83. The van der Waals surface area contributed by atoms with Crippen molar-refractivity contribution in [2.45, 2.75) is 19.4 Å². The molecule has 2 rings (SSSR count). The summed E-state index contributed by atoms with van der Waals surface area (Å²) in [7, 11) is 0. The Morgan fingerprint density at radius 2 is 2.55 bits per heavy atom. The summed E-state index contributed by atoms with van der Waals surface area (Å²) < 4.78 is 4.92. The molecule has 2 fully saturated rings. The van der Waals surface area contributed by atoms with Crippen molar-refractivity contribution in [1.82, 2.24) is 5.32 Å². The second kappa shape index (κ2) is 2.48. The minimum absolute atomic E-state index is 0.0138. The first-order chi connectivity index (χ1) is 5.33. The van der Waals surface area contributed by atoms with Gasteiger partial charge >= 0.3 is 5.97 Å². The van der Waals surface area contributed by atoms with Crippen LogP contribution in [0, 0.1) is 11.8 Å². The van der Waals surface area contributed by atoms with Crippen LogP contribution in [0.2, 0.25) is 0 Å². The molecule has 0 amide bonds. The molecule has 0 unspecified atom stereocenters. The van der Waals surface area contributed by atoms with Crippen LogP contribution in [0.4, 0.5) is 0 Å². The van der Waals surface area contributed by atoms with E-state index in [0.717, 1.165) is 12.5 Å². The molecule has 0 aromatic rings. The topological polar surface area (TPSA) is 38.3 Å². The van der Waals surface area contributed by atoms with E-state index in [-0.39, 0.29) is 12.0 Å². The lowest BCUT2D eigenvalue weighted by molar-refractivity contribution is -0.145. The van der Waals surface area contributed by atoms with Gasteiger partial charge in [-0.3, -0.25) is 4.79 Å². The number of carbonyl (C=O) groups excluding carboxylic acids is 1. The maximum atomic E-state index is 11.2. The van der Waals surface area contributed by atoms with Crippen molar-refractivity contribution in [2.24, 2.45) is 11.8 Å². The van der Waals surface area contributed by atoms with Gasteiger partial charge in [0.1, 0.15) is 6.04 Å². The maximum Gasteiger partial charge on any atom is 0.323 e.